The van der Waals surface area contributed by atoms with Crippen molar-refractivity contribution in [3.8, 4) is 0 Å². The van der Waals surface area contributed by atoms with E-state index in [-0.39, 0.29) is 38.6 Å². The Hall–Kier alpha value is -4.57. The van der Waals surface area contributed by atoms with Gasteiger partial charge >= 0.3 is 11.9 Å². The Morgan fingerprint density at radius 1 is 0.345 bits per heavy atom. The summed E-state index contributed by atoms with van der Waals surface area (Å²) in [6, 6.07) is 0. The van der Waals surface area contributed by atoms with E-state index in [0.29, 0.717) is 17.4 Å². The predicted molar refractivity (Wildman–Crippen MR) is 370 cm³/mol. The number of esters is 2. The number of hydrogen-bond acceptors (Lipinski definition) is 8. The Bertz CT molecular complexity index is 1890. The molecule has 0 heterocycles. The lowest BCUT2D eigenvalue weighted by Crippen LogP contribution is -2.44. The van der Waals surface area contributed by atoms with E-state index in [2.05, 4.69) is 148 Å². The van der Waals surface area contributed by atoms with Crippen LogP contribution < -0.4 is 5.11 Å². The third-order valence-corrected chi connectivity index (χ3v) is 14.9. The van der Waals surface area contributed by atoms with Gasteiger partial charge < -0.3 is 33.3 Å². The minimum absolute atomic E-state index is 0.139. The number of hydrogen-bond donors (Lipinski definition) is 0. The largest absolute Gasteiger partial charge is 0.545 e. The van der Waals surface area contributed by atoms with Crippen molar-refractivity contribution in [2.24, 2.45) is 0 Å². The zero-order valence-corrected chi connectivity index (χ0v) is 56.6. The molecule has 2 atom stereocenters. The highest BCUT2D eigenvalue weighted by Crippen LogP contribution is 2.17. The van der Waals surface area contributed by atoms with Crippen LogP contribution in [0.3, 0.4) is 0 Å². The SMILES string of the molecule is CC/C=C\C/C=C\C/C=C\C/C=C\C/C=C\C/C=C\CCCCCCCCC(=O)OC(COC(=O)CCCCCCCCCCCCCCCCCCCCCCC/C=C\C/C=C\C/C=C\C/C=C\C/C=C\CC)COC(OCC[N+](C)(C)C)C(=O)[O-]. The maximum atomic E-state index is 12.9. The van der Waals surface area contributed by atoms with Crippen LogP contribution in [0.15, 0.2) is 134 Å². The molecule has 0 saturated heterocycles. The summed E-state index contributed by atoms with van der Waals surface area (Å²) in [5.74, 6) is -2.30. The summed E-state index contributed by atoms with van der Waals surface area (Å²) in [5, 5.41) is 11.8. The topological polar surface area (TPSA) is 111 Å². The molecule has 496 valence electrons. The maximum Gasteiger partial charge on any atom is 0.306 e. The van der Waals surface area contributed by atoms with Gasteiger partial charge in [-0.1, -0.05) is 295 Å². The average molecular weight is 1210 g/mol. The van der Waals surface area contributed by atoms with Crippen LogP contribution in [0.4, 0.5) is 0 Å². The second-order valence-corrected chi connectivity index (χ2v) is 24.4. The first-order valence-electron chi connectivity index (χ1n) is 35.3. The standard InChI is InChI=1S/C78H131NO8/c1-6-8-10-12-14-16-18-20-22-24-26-28-30-32-33-34-35-36-37-38-39-40-41-42-43-45-46-48-50-52-54-56-58-60-62-64-66-68-75(80)85-72-74(73-86-78(77(82)83)84-71-70-79(3,4)5)87-76(81)69-67-65-63-61-59-57-55-53-51-49-47-44-31-29-27-25-23-21-19-17-15-13-11-9-7-2/h8-11,14-17,20-23,26-29,32-33,44,47,51,53,74,78H,6-7,12-13,18-19,24-25,30-31,34-43,45-46,48-50,52,54-73H2,1-5H3/b10-8-,11-9-,16-14-,17-15-,22-20-,23-21-,28-26-,29-27-,33-32-,47-44-,53-51-. The highest BCUT2D eigenvalue weighted by molar-refractivity contribution is 5.70. The third-order valence-electron chi connectivity index (χ3n) is 14.9. The van der Waals surface area contributed by atoms with Crippen LogP contribution in [0.25, 0.3) is 0 Å². The van der Waals surface area contributed by atoms with Gasteiger partial charge in [-0.15, -0.1) is 0 Å². The second kappa shape index (κ2) is 67.4. The number of allylic oxidation sites excluding steroid dienone is 22. The molecule has 87 heavy (non-hydrogen) atoms. The molecule has 0 aliphatic heterocycles. The molecule has 0 fully saturated rings. The lowest BCUT2D eigenvalue weighted by molar-refractivity contribution is -0.870. The van der Waals surface area contributed by atoms with E-state index < -0.39 is 24.3 Å². The van der Waals surface area contributed by atoms with Crippen LogP contribution in [-0.4, -0.2) is 82.3 Å². The normalized spacial score (nSPS) is 13.5. The smallest absolute Gasteiger partial charge is 0.306 e. The highest BCUT2D eigenvalue weighted by Gasteiger charge is 2.22. The average Bonchev–Trinajstić information content (AvgIpc) is 3.59. The van der Waals surface area contributed by atoms with E-state index >= 15 is 0 Å². The molecule has 0 aromatic carbocycles. The molecule has 2 unspecified atom stereocenters. The van der Waals surface area contributed by atoms with Crippen molar-refractivity contribution in [2.75, 3.05) is 47.5 Å². The van der Waals surface area contributed by atoms with Crippen molar-refractivity contribution < 1.29 is 42.9 Å². The molecule has 0 aliphatic rings. The molecule has 9 nitrogen and oxygen atoms in total. The van der Waals surface area contributed by atoms with Crippen LogP contribution in [0.5, 0.6) is 0 Å². The number of unbranched alkanes of at least 4 members (excludes halogenated alkanes) is 27. The summed E-state index contributed by atoms with van der Waals surface area (Å²) in [6.07, 6.45) is 93.9. The molecule has 0 aromatic heterocycles. The molecule has 0 amide bonds. The number of aliphatic carboxylic acids is 1. The van der Waals surface area contributed by atoms with Crippen molar-refractivity contribution >= 4 is 17.9 Å². The van der Waals surface area contributed by atoms with Crippen LogP contribution in [-0.2, 0) is 33.3 Å². The Labute approximate surface area is 535 Å². The van der Waals surface area contributed by atoms with Crippen LogP contribution >= 0.6 is 0 Å². The van der Waals surface area contributed by atoms with Gasteiger partial charge in [0.2, 0.25) is 0 Å². The van der Waals surface area contributed by atoms with Gasteiger partial charge in [0.1, 0.15) is 13.2 Å². The number of rotatable bonds is 64. The summed E-state index contributed by atoms with van der Waals surface area (Å²) >= 11 is 0. The van der Waals surface area contributed by atoms with Crippen LogP contribution in [0.1, 0.15) is 284 Å². The van der Waals surface area contributed by atoms with E-state index in [4.69, 9.17) is 18.9 Å². The highest BCUT2D eigenvalue weighted by atomic mass is 16.7. The molecule has 0 radical (unpaired) electrons. The molecule has 0 N–H and O–H groups in total. The van der Waals surface area contributed by atoms with Crippen molar-refractivity contribution in [3.05, 3.63) is 134 Å². The van der Waals surface area contributed by atoms with Gasteiger partial charge in [0.05, 0.1) is 40.3 Å². The molecule has 0 bridgehead atoms. The van der Waals surface area contributed by atoms with Gasteiger partial charge in [-0.05, 0) is 109 Å². The fourth-order valence-corrected chi connectivity index (χ4v) is 9.57. The van der Waals surface area contributed by atoms with E-state index in [1.54, 1.807) is 0 Å². The van der Waals surface area contributed by atoms with Gasteiger partial charge in [0, 0.05) is 12.8 Å². The Kier molecular flexibility index (Phi) is 63.8. The lowest BCUT2D eigenvalue weighted by atomic mass is 10.0. The van der Waals surface area contributed by atoms with Gasteiger partial charge in [-0.2, -0.15) is 0 Å². The maximum absolute atomic E-state index is 12.9. The zero-order chi connectivity index (χ0) is 63.3. The monoisotopic (exact) mass is 1210 g/mol. The summed E-state index contributed by atoms with van der Waals surface area (Å²) in [4.78, 5) is 37.5. The van der Waals surface area contributed by atoms with Gasteiger partial charge in [-0.25, -0.2) is 0 Å². The third kappa shape index (κ3) is 68.8. The molecular weight excluding hydrogens is 1080 g/mol. The number of carboxylic acids is 1. The predicted octanol–water partition coefficient (Wildman–Crippen LogP) is 20.8. The van der Waals surface area contributed by atoms with Crippen molar-refractivity contribution in [3.63, 3.8) is 0 Å². The zero-order valence-electron chi connectivity index (χ0n) is 56.6. The summed E-state index contributed by atoms with van der Waals surface area (Å²) < 4.78 is 22.8. The number of ether oxygens (including phenoxy) is 4. The summed E-state index contributed by atoms with van der Waals surface area (Å²) in [6.45, 7) is 4.51. The van der Waals surface area contributed by atoms with Gasteiger partial charge in [-0.3, -0.25) is 9.59 Å². The quantitative estimate of drug-likeness (QED) is 0.0195. The first-order valence-corrected chi connectivity index (χ1v) is 35.3. The molecule has 0 aliphatic carbocycles. The molecule has 0 spiro atoms. The van der Waals surface area contributed by atoms with E-state index in [1.165, 1.54) is 122 Å². The first-order chi connectivity index (χ1) is 42.6. The Morgan fingerprint density at radius 2 is 0.621 bits per heavy atom. The summed E-state index contributed by atoms with van der Waals surface area (Å²) in [5.41, 5.74) is 0. The summed E-state index contributed by atoms with van der Waals surface area (Å²) in [7, 11) is 5.92. The number of carbonyl (C=O) groups excluding carboxylic acids is 3. The van der Waals surface area contributed by atoms with E-state index in [0.717, 1.165) is 128 Å². The molecular formula is C78H131NO8. The second-order valence-electron chi connectivity index (χ2n) is 24.4. The van der Waals surface area contributed by atoms with Gasteiger partial charge in [0.15, 0.2) is 12.4 Å². The number of quaternary nitrogens is 1. The fourth-order valence-electron chi connectivity index (χ4n) is 9.57. The number of nitrogens with zero attached hydrogens (tertiary/aromatic N) is 1. The molecule has 0 aromatic rings. The lowest BCUT2D eigenvalue weighted by Gasteiger charge is -2.26. The molecule has 9 heteroatoms. The van der Waals surface area contributed by atoms with Crippen molar-refractivity contribution in [1.82, 2.24) is 0 Å². The molecule has 0 saturated carbocycles. The van der Waals surface area contributed by atoms with Crippen molar-refractivity contribution in [1.29, 1.82) is 0 Å². The Balaban J connectivity index is 4.09. The number of likely N-dealkylation sites (N-methyl/N-ethyl adjacent to an activating group) is 1. The first kappa shape index (κ1) is 82.4. The minimum atomic E-state index is -1.63. The van der Waals surface area contributed by atoms with E-state index in [1.807, 2.05) is 21.1 Å². The van der Waals surface area contributed by atoms with Crippen LogP contribution in [0, 0.1) is 0 Å². The minimum Gasteiger partial charge on any atom is -0.545 e. The van der Waals surface area contributed by atoms with E-state index in [9.17, 15) is 19.5 Å². The van der Waals surface area contributed by atoms with Crippen LogP contribution in [0.2, 0.25) is 0 Å². The fraction of sp³-hybridized carbons (Fsp3) is 0.679. The Morgan fingerprint density at radius 3 is 0.920 bits per heavy atom. The number of carboxylic acid groups (broad SMARTS) is 1. The molecule has 0 rings (SSSR count). The number of carbonyl (C=O) groups is 3. The van der Waals surface area contributed by atoms with Crippen molar-refractivity contribution in [2.45, 2.75) is 296 Å². The van der Waals surface area contributed by atoms with Gasteiger partial charge in [0.25, 0.3) is 0 Å².